The molecule has 22 heavy (non-hydrogen) atoms. The summed E-state index contributed by atoms with van der Waals surface area (Å²) in [5.41, 5.74) is 0.913. The summed E-state index contributed by atoms with van der Waals surface area (Å²) < 4.78 is 6.25. The smallest absolute Gasteiger partial charge is 0.362 e. The zero-order valence-corrected chi connectivity index (χ0v) is 15.3. The third kappa shape index (κ3) is 5.25. The number of carbonyl (C=O) groups excluding carboxylic acids is 1. The predicted octanol–water partition coefficient (Wildman–Crippen LogP) is -0.0402. The van der Waals surface area contributed by atoms with Crippen molar-refractivity contribution in [3.8, 4) is 0 Å². The average molecular weight is 368 g/mol. The van der Waals surface area contributed by atoms with Crippen LogP contribution in [0.15, 0.2) is 43.0 Å². The first-order valence-corrected chi connectivity index (χ1v) is 7.57. The van der Waals surface area contributed by atoms with E-state index in [1.807, 2.05) is 32.9 Å². The number of halogens is 1. The molecule has 2 rings (SSSR count). The number of benzene rings is 1. The molecule has 0 saturated carbocycles. The van der Waals surface area contributed by atoms with E-state index in [9.17, 15) is 4.79 Å². The molecule has 0 spiro atoms. The van der Waals surface area contributed by atoms with Crippen LogP contribution in [0.25, 0.3) is 0 Å². The largest absolute Gasteiger partial charge is 1.00 e. The number of carbonyl (C=O) groups is 1. The molecule has 0 aromatic heterocycles. The van der Waals surface area contributed by atoms with E-state index in [0.717, 1.165) is 24.0 Å². The lowest BCUT2D eigenvalue weighted by Gasteiger charge is -2.23. The molecule has 1 aromatic carbocycles. The number of nitrogens with zero attached hydrogens (tertiary/aromatic N) is 1. The van der Waals surface area contributed by atoms with Gasteiger partial charge in [-0.05, 0) is 32.4 Å². The van der Waals surface area contributed by atoms with Crippen molar-refractivity contribution in [2.24, 2.45) is 0 Å². The van der Waals surface area contributed by atoms with Gasteiger partial charge in [0.15, 0.2) is 6.54 Å². The van der Waals surface area contributed by atoms with Gasteiger partial charge in [-0.3, -0.25) is 4.48 Å². The maximum absolute atomic E-state index is 12.1. The van der Waals surface area contributed by atoms with Crippen LogP contribution >= 0.6 is 0 Å². The Kier molecular flexibility index (Phi) is 6.38. The highest BCUT2D eigenvalue weighted by atomic mass is 79.9. The van der Waals surface area contributed by atoms with Crippen molar-refractivity contribution in [3.05, 3.63) is 48.6 Å². The van der Waals surface area contributed by atoms with Crippen LogP contribution in [0.1, 0.15) is 26.3 Å². The highest BCUT2D eigenvalue weighted by molar-refractivity contribution is 5.71. The highest BCUT2D eigenvalue weighted by Gasteiger charge is 2.55. The molecule has 1 aliphatic rings. The molecule has 0 bridgehead atoms. The monoisotopic (exact) mass is 367 g/mol. The van der Waals surface area contributed by atoms with Gasteiger partial charge in [-0.25, -0.2) is 4.79 Å². The molecular formula is C18H26BrNO2. The zero-order valence-electron chi connectivity index (χ0n) is 13.7. The van der Waals surface area contributed by atoms with Crippen LogP contribution in [0.2, 0.25) is 0 Å². The van der Waals surface area contributed by atoms with E-state index in [-0.39, 0.29) is 23.0 Å². The Balaban J connectivity index is 0.00000242. The summed E-state index contributed by atoms with van der Waals surface area (Å²) in [4.78, 5) is 12.1. The van der Waals surface area contributed by atoms with Gasteiger partial charge in [0.25, 0.3) is 0 Å². The van der Waals surface area contributed by atoms with Gasteiger partial charge in [0.1, 0.15) is 18.2 Å². The fourth-order valence-corrected chi connectivity index (χ4v) is 2.89. The minimum atomic E-state index is -0.416. The van der Waals surface area contributed by atoms with E-state index < -0.39 is 5.60 Å². The second-order valence-electron chi connectivity index (χ2n) is 6.96. The number of hydrogen-bond donors (Lipinski definition) is 0. The lowest BCUT2D eigenvalue weighted by atomic mass is 10.1. The van der Waals surface area contributed by atoms with E-state index in [0.29, 0.717) is 12.6 Å². The Morgan fingerprint density at radius 1 is 1.36 bits per heavy atom. The van der Waals surface area contributed by atoms with Gasteiger partial charge < -0.3 is 21.7 Å². The quantitative estimate of drug-likeness (QED) is 0.305. The summed E-state index contributed by atoms with van der Waals surface area (Å²) in [7, 11) is 0. The van der Waals surface area contributed by atoms with Crippen LogP contribution in [0, 0.1) is 0 Å². The van der Waals surface area contributed by atoms with Crippen LogP contribution in [0.5, 0.6) is 0 Å². The molecule has 3 nitrogen and oxygen atoms in total. The van der Waals surface area contributed by atoms with E-state index in [2.05, 4.69) is 30.8 Å². The Labute approximate surface area is 144 Å². The lowest BCUT2D eigenvalue weighted by Crippen LogP contribution is -3.00. The van der Waals surface area contributed by atoms with Gasteiger partial charge in [-0.1, -0.05) is 36.9 Å². The standard InChI is InChI=1S/C18H26NO2.BrH/c1-5-11-19(14-17(20)21-18(2,3)4)13-16(19)12-15-9-7-6-8-10-15;/h5-10,16H,1,11-14H2,2-4H3;1H/q+1;/p-1. The van der Waals surface area contributed by atoms with Crippen molar-refractivity contribution < 1.29 is 31.0 Å². The van der Waals surface area contributed by atoms with E-state index in [4.69, 9.17) is 4.74 Å². The average Bonchev–Trinajstić information content (AvgIpc) is 3.00. The van der Waals surface area contributed by atoms with Crippen molar-refractivity contribution >= 4 is 5.97 Å². The van der Waals surface area contributed by atoms with Gasteiger partial charge in [0, 0.05) is 6.42 Å². The Bertz CT molecular complexity index is 510. The molecule has 1 heterocycles. The van der Waals surface area contributed by atoms with E-state index in [1.54, 1.807) is 0 Å². The van der Waals surface area contributed by atoms with Crippen molar-refractivity contribution in [3.63, 3.8) is 0 Å². The van der Waals surface area contributed by atoms with Crippen LogP contribution in [-0.2, 0) is 16.0 Å². The minimum absolute atomic E-state index is 0. The number of rotatable bonds is 6. The van der Waals surface area contributed by atoms with Gasteiger partial charge in [-0.15, -0.1) is 0 Å². The SMILES string of the molecule is C=CC[N+]1(CC(=O)OC(C)(C)C)CC1Cc1ccccc1.[Br-]. The third-order valence-corrected chi connectivity index (χ3v) is 3.89. The molecule has 0 radical (unpaired) electrons. The minimum Gasteiger partial charge on any atom is -1.00 e. The third-order valence-electron chi connectivity index (χ3n) is 3.89. The second-order valence-corrected chi connectivity index (χ2v) is 6.96. The lowest BCUT2D eigenvalue weighted by molar-refractivity contribution is -0.799. The van der Waals surface area contributed by atoms with E-state index >= 15 is 0 Å². The molecular weight excluding hydrogens is 342 g/mol. The Morgan fingerprint density at radius 2 is 2.00 bits per heavy atom. The number of esters is 1. The molecule has 1 saturated heterocycles. The molecule has 1 fully saturated rings. The molecule has 1 aromatic rings. The fourth-order valence-electron chi connectivity index (χ4n) is 2.89. The number of quaternary nitrogens is 1. The molecule has 0 N–H and O–H groups in total. The topological polar surface area (TPSA) is 26.3 Å². The summed E-state index contributed by atoms with van der Waals surface area (Å²) >= 11 is 0. The fraction of sp³-hybridized carbons (Fsp3) is 0.500. The first kappa shape index (κ1) is 18.9. The summed E-state index contributed by atoms with van der Waals surface area (Å²) in [6.07, 6.45) is 2.92. The molecule has 1 aliphatic heterocycles. The summed E-state index contributed by atoms with van der Waals surface area (Å²) in [5.74, 6) is -0.111. The maximum atomic E-state index is 12.1. The maximum Gasteiger partial charge on any atom is 0.362 e. The van der Waals surface area contributed by atoms with Crippen molar-refractivity contribution in [1.82, 2.24) is 0 Å². The van der Waals surface area contributed by atoms with E-state index in [1.165, 1.54) is 5.56 Å². The number of hydrogen-bond acceptors (Lipinski definition) is 2. The Morgan fingerprint density at radius 3 is 2.55 bits per heavy atom. The van der Waals surface area contributed by atoms with Gasteiger partial charge >= 0.3 is 5.97 Å². The van der Waals surface area contributed by atoms with Crippen molar-refractivity contribution in [2.45, 2.75) is 38.8 Å². The molecule has 122 valence electrons. The molecule has 0 amide bonds. The zero-order chi connectivity index (χ0) is 15.5. The molecule has 0 aliphatic carbocycles. The van der Waals surface area contributed by atoms with Crippen LogP contribution in [-0.4, -0.2) is 41.7 Å². The highest BCUT2D eigenvalue weighted by Crippen LogP contribution is 2.33. The normalized spacial score (nSPS) is 23.3. The Hall–Kier alpha value is -1.13. The van der Waals surface area contributed by atoms with Crippen molar-refractivity contribution in [2.75, 3.05) is 19.6 Å². The molecule has 2 atom stereocenters. The van der Waals surface area contributed by atoms with Gasteiger partial charge in [0.05, 0.1) is 6.54 Å². The summed E-state index contributed by atoms with van der Waals surface area (Å²) in [6.45, 7) is 11.9. The molecule has 4 heteroatoms. The predicted molar refractivity (Wildman–Crippen MR) is 84.8 cm³/mol. The van der Waals surface area contributed by atoms with Crippen LogP contribution in [0.4, 0.5) is 0 Å². The van der Waals surface area contributed by atoms with Crippen LogP contribution in [0.3, 0.4) is 0 Å². The van der Waals surface area contributed by atoms with Gasteiger partial charge in [-0.2, -0.15) is 0 Å². The second kappa shape index (κ2) is 7.42. The summed E-state index contributed by atoms with van der Waals surface area (Å²) in [6, 6.07) is 10.9. The summed E-state index contributed by atoms with van der Waals surface area (Å²) in [5, 5.41) is 0. The van der Waals surface area contributed by atoms with Crippen LogP contribution < -0.4 is 17.0 Å². The first-order chi connectivity index (χ1) is 9.85. The van der Waals surface area contributed by atoms with Gasteiger partial charge in [0.2, 0.25) is 0 Å². The first-order valence-electron chi connectivity index (χ1n) is 7.57. The van der Waals surface area contributed by atoms with Crippen molar-refractivity contribution in [1.29, 1.82) is 0 Å². The molecule has 2 unspecified atom stereocenters. The number of ether oxygens (including phenoxy) is 1.